The highest BCUT2D eigenvalue weighted by molar-refractivity contribution is 5.81. The van der Waals surface area contributed by atoms with E-state index in [0.717, 1.165) is 30.5 Å². The number of hydrogen-bond acceptors (Lipinski definition) is 4. The number of rotatable bonds is 4. The fourth-order valence-electron chi connectivity index (χ4n) is 3.01. The summed E-state index contributed by atoms with van der Waals surface area (Å²) < 4.78 is 5.64. The molecule has 25 heavy (non-hydrogen) atoms. The van der Waals surface area contributed by atoms with Gasteiger partial charge in [0.1, 0.15) is 5.75 Å². The van der Waals surface area contributed by atoms with E-state index in [1.165, 1.54) is 6.07 Å². The van der Waals surface area contributed by atoms with Gasteiger partial charge in [0, 0.05) is 11.8 Å². The van der Waals surface area contributed by atoms with E-state index in [2.05, 4.69) is 10.3 Å². The average Bonchev–Trinajstić information content (AvgIpc) is 2.62. The van der Waals surface area contributed by atoms with Crippen LogP contribution in [0.15, 0.2) is 41.2 Å². The molecule has 1 aliphatic rings. The summed E-state index contributed by atoms with van der Waals surface area (Å²) in [5.74, 6) is 0.323. The second kappa shape index (κ2) is 7.22. The minimum Gasteiger partial charge on any atom is -0.481 e. The molecule has 128 valence electrons. The van der Waals surface area contributed by atoms with Gasteiger partial charge in [-0.25, -0.2) is 0 Å². The Morgan fingerprint density at radius 3 is 2.80 bits per heavy atom. The molecular weight excluding hydrogens is 318 g/mol. The van der Waals surface area contributed by atoms with Gasteiger partial charge in [0.05, 0.1) is 17.7 Å². The topological polar surface area (TPSA) is 95.0 Å². The van der Waals surface area contributed by atoms with Crippen molar-refractivity contribution in [1.29, 1.82) is 5.26 Å². The fourth-order valence-corrected chi connectivity index (χ4v) is 3.01. The van der Waals surface area contributed by atoms with Crippen molar-refractivity contribution in [2.75, 3.05) is 0 Å². The molecule has 0 saturated heterocycles. The molecule has 0 radical (unpaired) electrons. The van der Waals surface area contributed by atoms with Crippen LogP contribution in [-0.4, -0.2) is 17.0 Å². The van der Waals surface area contributed by atoms with Crippen LogP contribution in [0.5, 0.6) is 5.75 Å². The molecule has 6 heteroatoms. The number of H-pyrrole nitrogens is 1. The van der Waals surface area contributed by atoms with Gasteiger partial charge in [-0.2, -0.15) is 5.26 Å². The van der Waals surface area contributed by atoms with Crippen LogP contribution in [0.3, 0.4) is 0 Å². The van der Waals surface area contributed by atoms with Crippen LogP contribution in [0.2, 0.25) is 0 Å². The molecule has 1 aromatic heterocycles. The molecule has 0 spiro atoms. The summed E-state index contributed by atoms with van der Waals surface area (Å²) in [6.07, 6.45) is 1.88. The van der Waals surface area contributed by atoms with E-state index in [0.29, 0.717) is 11.3 Å². The Bertz CT molecular complexity index is 865. The number of fused-ring (bicyclic) bond motifs is 1. The molecule has 6 nitrogen and oxygen atoms in total. The Labute approximate surface area is 145 Å². The summed E-state index contributed by atoms with van der Waals surface area (Å²) in [7, 11) is 0. The Morgan fingerprint density at radius 1 is 1.32 bits per heavy atom. The number of aromatic nitrogens is 1. The molecule has 1 amide bonds. The van der Waals surface area contributed by atoms with E-state index in [1.54, 1.807) is 37.3 Å². The van der Waals surface area contributed by atoms with Crippen molar-refractivity contribution in [1.82, 2.24) is 10.3 Å². The monoisotopic (exact) mass is 337 g/mol. The van der Waals surface area contributed by atoms with Gasteiger partial charge in [-0.3, -0.25) is 9.59 Å². The predicted molar refractivity (Wildman–Crippen MR) is 92.1 cm³/mol. The number of hydrogen-bond donors (Lipinski definition) is 2. The summed E-state index contributed by atoms with van der Waals surface area (Å²) in [5.41, 5.74) is 2.27. The molecule has 2 atom stereocenters. The number of ether oxygens (including phenoxy) is 1. The molecule has 0 saturated carbocycles. The number of aryl methyl sites for hydroxylation is 1. The second-order valence-corrected chi connectivity index (χ2v) is 6.11. The van der Waals surface area contributed by atoms with Crippen molar-refractivity contribution in [3.63, 3.8) is 0 Å². The summed E-state index contributed by atoms with van der Waals surface area (Å²) >= 11 is 0. The fraction of sp³-hybridized carbons (Fsp3) is 0.316. The molecular formula is C19H19N3O3. The van der Waals surface area contributed by atoms with E-state index >= 15 is 0 Å². The number of benzene rings is 1. The molecule has 2 unspecified atom stereocenters. The maximum absolute atomic E-state index is 12.5. The van der Waals surface area contributed by atoms with Gasteiger partial charge in [-0.1, -0.05) is 0 Å². The van der Waals surface area contributed by atoms with Gasteiger partial charge in [0.2, 0.25) is 5.56 Å². The molecule has 1 aliphatic carbocycles. The number of carbonyl (C=O) groups excluding carboxylic acids is 1. The lowest BCUT2D eigenvalue weighted by Crippen LogP contribution is -2.40. The smallest absolute Gasteiger partial charge is 0.261 e. The number of pyridine rings is 1. The van der Waals surface area contributed by atoms with E-state index < -0.39 is 6.10 Å². The molecule has 2 N–H and O–H groups in total. The summed E-state index contributed by atoms with van der Waals surface area (Å²) in [5, 5.41) is 11.8. The van der Waals surface area contributed by atoms with Crippen LogP contribution in [0, 0.1) is 11.3 Å². The second-order valence-electron chi connectivity index (χ2n) is 6.11. The van der Waals surface area contributed by atoms with Crippen molar-refractivity contribution in [2.24, 2.45) is 0 Å². The number of amides is 1. The standard InChI is InChI=1S/C19H19N3O3/c1-12(25-14-7-5-13(11-20)6-8-14)19(24)22-17-4-2-3-16-15(17)9-10-18(23)21-16/h5-10,12,17H,2-4H2,1H3,(H,21,23)(H,22,24). The van der Waals surface area contributed by atoms with E-state index in [4.69, 9.17) is 10.00 Å². The van der Waals surface area contributed by atoms with Gasteiger partial charge >= 0.3 is 0 Å². The lowest BCUT2D eigenvalue weighted by molar-refractivity contribution is -0.128. The first-order valence-corrected chi connectivity index (χ1v) is 8.26. The van der Waals surface area contributed by atoms with Crippen LogP contribution in [0.1, 0.15) is 42.6 Å². The maximum atomic E-state index is 12.5. The van der Waals surface area contributed by atoms with Crippen LogP contribution < -0.4 is 15.6 Å². The Balaban J connectivity index is 1.66. The van der Waals surface area contributed by atoms with Gasteiger partial charge in [-0.05, 0) is 62.1 Å². The van der Waals surface area contributed by atoms with Crippen LogP contribution in [-0.2, 0) is 11.2 Å². The summed E-state index contributed by atoms with van der Waals surface area (Å²) in [6.45, 7) is 1.68. The number of nitrogens with zero attached hydrogens (tertiary/aromatic N) is 1. The number of nitriles is 1. The normalized spacial score (nSPS) is 17.0. The highest BCUT2D eigenvalue weighted by Gasteiger charge is 2.25. The summed E-state index contributed by atoms with van der Waals surface area (Å²) in [6, 6.07) is 11.8. The van der Waals surface area contributed by atoms with Crippen molar-refractivity contribution in [2.45, 2.75) is 38.3 Å². The number of aromatic amines is 1. The first-order valence-electron chi connectivity index (χ1n) is 8.26. The zero-order chi connectivity index (χ0) is 17.8. The van der Waals surface area contributed by atoms with Crippen LogP contribution >= 0.6 is 0 Å². The van der Waals surface area contributed by atoms with Gasteiger partial charge in [0.25, 0.3) is 5.91 Å². The minimum atomic E-state index is -0.666. The van der Waals surface area contributed by atoms with E-state index in [1.807, 2.05) is 6.07 Å². The first-order chi connectivity index (χ1) is 12.1. The first kappa shape index (κ1) is 16.8. The maximum Gasteiger partial charge on any atom is 0.261 e. The number of carbonyl (C=O) groups is 1. The third kappa shape index (κ3) is 3.89. The Morgan fingerprint density at radius 2 is 2.08 bits per heavy atom. The molecule has 0 fully saturated rings. The third-order valence-corrected chi connectivity index (χ3v) is 4.31. The SMILES string of the molecule is CC(Oc1ccc(C#N)cc1)C(=O)NC1CCCc2[nH]c(=O)ccc21. The highest BCUT2D eigenvalue weighted by atomic mass is 16.5. The highest BCUT2D eigenvalue weighted by Crippen LogP contribution is 2.27. The third-order valence-electron chi connectivity index (χ3n) is 4.31. The molecule has 3 rings (SSSR count). The molecule has 0 bridgehead atoms. The predicted octanol–water partition coefficient (Wildman–Crippen LogP) is 2.21. The average molecular weight is 337 g/mol. The van der Waals surface area contributed by atoms with E-state index in [-0.39, 0.29) is 17.5 Å². The lowest BCUT2D eigenvalue weighted by Gasteiger charge is -2.27. The van der Waals surface area contributed by atoms with Crippen molar-refractivity contribution < 1.29 is 9.53 Å². The van der Waals surface area contributed by atoms with Gasteiger partial charge < -0.3 is 15.0 Å². The quantitative estimate of drug-likeness (QED) is 0.894. The molecule has 2 aromatic rings. The molecule has 1 heterocycles. The van der Waals surface area contributed by atoms with Crippen LogP contribution in [0.4, 0.5) is 0 Å². The van der Waals surface area contributed by atoms with E-state index in [9.17, 15) is 9.59 Å². The van der Waals surface area contributed by atoms with Crippen molar-refractivity contribution in [3.05, 3.63) is 63.6 Å². The summed E-state index contributed by atoms with van der Waals surface area (Å²) in [4.78, 5) is 26.7. The minimum absolute atomic E-state index is 0.122. The zero-order valence-corrected chi connectivity index (χ0v) is 13.9. The molecule has 1 aromatic carbocycles. The van der Waals surface area contributed by atoms with Crippen LogP contribution in [0.25, 0.3) is 0 Å². The number of nitrogens with one attached hydrogen (secondary N) is 2. The largest absolute Gasteiger partial charge is 0.481 e. The van der Waals surface area contributed by atoms with Gasteiger partial charge in [-0.15, -0.1) is 0 Å². The van der Waals surface area contributed by atoms with Gasteiger partial charge in [0.15, 0.2) is 6.10 Å². The molecule has 0 aliphatic heterocycles. The zero-order valence-electron chi connectivity index (χ0n) is 13.9. The van der Waals surface area contributed by atoms with Crippen molar-refractivity contribution >= 4 is 5.91 Å². The lowest BCUT2D eigenvalue weighted by atomic mass is 9.91. The van der Waals surface area contributed by atoms with Crippen molar-refractivity contribution in [3.8, 4) is 11.8 Å². The Kier molecular flexibility index (Phi) is 4.85. The Hall–Kier alpha value is -3.07.